The summed E-state index contributed by atoms with van der Waals surface area (Å²) in [6.07, 6.45) is 0. The summed E-state index contributed by atoms with van der Waals surface area (Å²) in [5, 5.41) is 8.98. The summed E-state index contributed by atoms with van der Waals surface area (Å²) >= 11 is 7.59. The average molecular weight is 373 g/mol. The van der Waals surface area contributed by atoms with Crippen molar-refractivity contribution >= 4 is 46.1 Å². The molecule has 0 fully saturated rings. The van der Waals surface area contributed by atoms with Crippen LogP contribution in [0.4, 0.5) is 14.5 Å². The number of anilines is 1. The van der Waals surface area contributed by atoms with Crippen molar-refractivity contribution in [1.29, 1.82) is 0 Å². The molecule has 1 heterocycles. The molecule has 1 aromatic heterocycles. The number of hydrogen-bond donors (Lipinski definition) is 2. The topological polar surface area (TPSA) is 24.1 Å². The van der Waals surface area contributed by atoms with Crippen molar-refractivity contribution in [3.8, 4) is 0 Å². The number of benzene rings is 1. The van der Waals surface area contributed by atoms with Crippen molar-refractivity contribution in [3.63, 3.8) is 0 Å². The number of rotatable bonds is 6. The van der Waals surface area contributed by atoms with Crippen LogP contribution < -0.4 is 10.6 Å². The van der Waals surface area contributed by atoms with Crippen LogP contribution >= 0.6 is 35.3 Å². The zero-order valence-electron chi connectivity index (χ0n) is 12.8. The summed E-state index contributed by atoms with van der Waals surface area (Å²) in [7, 11) is 0. The monoisotopic (exact) mass is 372 g/mol. The van der Waals surface area contributed by atoms with Crippen LogP contribution in [-0.2, 0) is 0 Å². The Balaban J connectivity index is 1.95. The molecule has 2 N–H and O–H groups in total. The van der Waals surface area contributed by atoms with Gasteiger partial charge in [-0.3, -0.25) is 0 Å². The Hall–Kier alpha value is -1.18. The average Bonchev–Trinajstić information content (AvgIpc) is 3.00. The van der Waals surface area contributed by atoms with E-state index < -0.39 is 5.76 Å². The first-order valence-corrected chi connectivity index (χ1v) is 9.28. The molecule has 0 aliphatic rings. The number of alkyl halides is 2. The number of thiocarbonyl (C=S) groups is 1. The lowest BCUT2D eigenvalue weighted by Crippen LogP contribution is -2.34. The summed E-state index contributed by atoms with van der Waals surface area (Å²) in [5.74, 6) is -2.02. The molecule has 0 aliphatic carbocycles. The van der Waals surface area contributed by atoms with E-state index in [4.69, 9.17) is 12.2 Å². The van der Waals surface area contributed by atoms with E-state index in [-0.39, 0.29) is 6.04 Å². The first kappa shape index (κ1) is 18.2. The van der Waals surface area contributed by atoms with E-state index in [1.165, 1.54) is 4.88 Å². The smallest absolute Gasteiger partial charge is 0.288 e. The molecular weight excluding hydrogens is 354 g/mol. The van der Waals surface area contributed by atoms with E-state index in [0.717, 1.165) is 5.69 Å². The second-order valence-electron chi connectivity index (χ2n) is 5.24. The van der Waals surface area contributed by atoms with Gasteiger partial charge in [-0.1, -0.05) is 31.7 Å². The van der Waals surface area contributed by atoms with Crippen molar-refractivity contribution in [2.24, 2.45) is 5.92 Å². The van der Waals surface area contributed by atoms with Gasteiger partial charge >= 0.3 is 0 Å². The molecule has 124 valence electrons. The molecule has 2 aromatic rings. The molecule has 0 saturated heterocycles. The minimum atomic E-state index is -2.41. The second-order valence-corrected chi connectivity index (χ2v) is 7.69. The molecule has 0 bridgehead atoms. The van der Waals surface area contributed by atoms with Crippen LogP contribution in [0.3, 0.4) is 0 Å². The first-order valence-electron chi connectivity index (χ1n) is 7.11. The summed E-state index contributed by atoms with van der Waals surface area (Å²) < 4.78 is 24.6. The molecule has 0 spiro atoms. The van der Waals surface area contributed by atoms with Crippen LogP contribution in [0.2, 0.25) is 0 Å². The third-order valence-electron chi connectivity index (χ3n) is 3.14. The Morgan fingerprint density at radius 1 is 1.17 bits per heavy atom. The van der Waals surface area contributed by atoms with Gasteiger partial charge in [0.15, 0.2) is 5.11 Å². The fourth-order valence-corrected chi connectivity index (χ4v) is 3.76. The summed E-state index contributed by atoms with van der Waals surface area (Å²) in [6.45, 7) is 4.27. The van der Waals surface area contributed by atoms with Crippen LogP contribution in [-0.4, -0.2) is 10.9 Å². The van der Waals surface area contributed by atoms with E-state index in [0.29, 0.717) is 27.7 Å². The zero-order chi connectivity index (χ0) is 16.8. The van der Waals surface area contributed by atoms with Crippen LogP contribution in [0.5, 0.6) is 0 Å². The van der Waals surface area contributed by atoms with Gasteiger partial charge in [0.2, 0.25) is 0 Å². The number of halogens is 2. The highest BCUT2D eigenvalue weighted by molar-refractivity contribution is 7.99. The van der Waals surface area contributed by atoms with Crippen molar-refractivity contribution in [3.05, 3.63) is 46.7 Å². The van der Waals surface area contributed by atoms with Crippen LogP contribution in [0.1, 0.15) is 24.8 Å². The van der Waals surface area contributed by atoms with Crippen molar-refractivity contribution in [2.45, 2.75) is 30.5 Å². The molecule has 2 rings (SSSR count). The minimum Gasteiger partial charge on any atom is -0.355 e. The standard InChI is InChI=1S/C16H18F2N2S3/c1-10(2)14(13-4-3-9-22-13)20-16(21)19-11-5-7-12(8-6-11)23-15(17)18/h3-10,14-15H,1-2H3,(H2,19,20,21)/t14-/m1/s1. The maximum atomic E-state index is 12.3. The second kappa shape index (κ2) is 8.61. The predicted octanol–water partition coefficient (Wildman–Crippen LogP) is 5.75. The van der Waals surface area contributed by atoms with Gasteiger partial charge in [-0.15, -0.1) is 11.3 Å². The van der Waals surface area contributed by atoms with E-state index in [1.807, 2.05) is 11.4 Å². The van der Waals surface area contributed by atoms with Crippen molar-refractivity contribution < 1.29 is 8.78 Å². The zero-order valence-corrected chi connectivity index (χ0v) is 15.2. The SMILES string of the molecule is CC(C)[C@@H](NC(=S)Nc1ccc(SC(F)F)cc1)c1cccs1. The fraction of sp³-hybridized carbons (Fsp3) is 0.312. The number of thioether (sulfide) groups is 1. The van der Waals surface area contributed by atoms with Crippen LogP contribution in [0.15, 0.2) is 46.7 Å². The van der Waals surface area contributed by atoms with E-state index in [2.05, 4.69) is 30.5 Å². The molecule has 23 heavy (non-hydrogen) atoms. The number of thiophene rings is 1. The fourth-order valence-electron chi connectivity index (χ4n) is 2.06. The number of nitrogens with one attached hydrogen (secondary N) is 2. The minimum absolute atomic E-state index is 0.142. The summed E-state index contributed by atoms with van der Waals surface area (Å²) in [6, 6.07) is 11.0. The van der Waals surface area contributed by atoms with E-state index in [1.54, 1.807) is 35.6 Å². The molecule has 0 unspecified atom stereocenters. The van der Waals surface area contributed by atoms with Crippen molar-refractivity contribution in [1.82, 2.24) is 5.32 Å². The molecule has 7 heteroatoms. The van der Waals surface area contributed by atoms with Gasteiger partial charge in [-0.05, 0) is 53.8 Å². The van der Waals surface area contributed by atoms with Crippen molar-refractivity contribution in [2.75, 3.05) is 5.32 Å². The maximum Gasteiger partial charge on any atom is 0.288 e. The van der Waals surface area contributed by atoms with Gasteiger partial charge in [-0.2, -0.15) is 8.78 Å². The summed E-state index contributed by atoms with van der Waals surface area (Å²) in [4.78, 5) is 1.76. The lowest BCUT2D eigenvalue weighted by molar-refractivity contribution is 0.252. The molecule has 2 nitrogen and oxygen atoms in total. The van der Waals surface area contributed by atoms with Crippen LogP contribution in [0, 0.1) is 5.92 Å². The lowest BCUT2D eigenvalue weighted by Gasteiger charge is -2.23. The summed E-state index contributed by atoms with van der Waals surface area (Å²) in [5.41, 5.74) is 0.773. The first-order chi connectivity index (χ1) is 11.0. The Bertz CT molecular complexity index is 613. The Kier molecular flexibility index (Phi) is 6.80. The molecule has 1 aromatic carbocycles. The quantitative estimate of drug-likeness (QED) is 0.498. The maximum absolute atomic E-state index is 12.3. The number of hydrogen-bond acceptors (Lipinski definition) is 3. The normalized spacial score (nSPS) is 12.4. The van der Waals surface area contributed by atoms with Crippen LogP contribution in [0.25, 0.3) is 0 Å². The van der Waals surface area contributed by atoms with E-state index >= 15 is 0 Å². The third-order valence-corrected chi connectivity index (χ3v) is 5.04. The molecular formula is C16H18F2N2S3. The van der Waals surface area contributed by atoms with E-state index in [9.17, 15) is 8.78 Å². The largest absolute Gasteiger partial charge is 0.355 e. The highest BCUT2D eigenvalue weighted by atomic mass is 32.2. The third kappa shape index (κ3) is 5.75. The lowest BCUT2D eigenvalue weighted by atomic mass is 10.0. The van der Waals surface area contributed by atoms with Gasteiger partial charge in [0.25, 0.3) is 5.76 Å². The van der Waals surface area contributed by atoms with Gasteiger partial charge < -0.3 is 10.6 Å². The van der Waals surface area contributed by atoms with Gasteiger partial charge in [0.05, 0.1) is 6.04 Å². The Morgan fingerprint density at radius 2 is 1.87 bits per heavy atom. The molecule has 1 atom stereocenters. The molecule has 0 saturated carbocycles. The highest BCUT2D eigenvalue weighted by Gasteiger charge is 2.17. The predicted molar refractivity (Wildman–Crippen MR) is 99.6 cm³/mol. The van der Waals surface area contributed by atoms with Gasteiger partial charge in [0.1, 0.15) is 0 Å². The molecule has 0 aliphatic heterocycles. The molecule has 0 radical (unpaired) electrons. The van der Waals surface area contributed by atoms with Gasteiger partial charge in [0, 0.05) is 15.5 Å². The van der Waals surface area contributed by atoms with Gasteiger partial charge in [-0.25, -0.2) is 0 Å². The Morgan fingerprint density at radius 3 is 2.39 bits per heavy atom. The highest BCUT2D eigenvalue weighted by Crippen LogP contribution is 2.27. The molecule has 0 amide bonds. The Labute approximate surface area is 148 Å².